The van der Waals surface area contributed by atoms with Crippen LogP contribution in [0.4, 0.5) is 11.4 Å². The fraction of sp³-hybridized carbons (Fsp3) is 0.119. The molecule has 2 aliphatic heterocycles. The number of fused-ring (bicyclic) bond motifs is 12. The molecule has 3 nitrogen and oxygen atoms in total. The van der Waals surface area contributed by atoms with Crippen LogP contribution in [0.25, 0.3) is 82.2 Å². The van der Waals surface area contributed by atoms with E-state index in [1.54, 1.807) is 0 Å². The normalized spacial score (nSPS) is 14.6. The second kappa shape index (κ2) is 13.3. The molecule has 306 valence electrons. The zero-order chi connectivity index (χ0) is 43.2. The van der Waals surface area contributed by atoms with Crippen molar-refractivity contribution in [1.82, 2.24) is 4.57 Å². The van der Waals surface area contributed by atoms with E-state index in [9.17, 15) is 0 Å². The van der Waals surface area contributed by atoms with Crippen molar-refractivity contribution in [2.75, 3.05) is 5.32 Å². The molecule has 4 heterocycles. The van der Waals surface area contributed by atoms with Crippen molar-refractivity contribution >= 4 is 95.6 Å². The van der Waals surface area contributed by atoms with Crippen LogP contribution >= 0.6 is 11.8 Å². The van der Waals surface area contributed by atoms with Crippen LogP contribution in [-0.2, 0) is 10.8 Å². The first-order valence-corrected chi connectivity index (χ1v) is 23.2. The smallest absolute Gasteiger partial charge is 0.198 e. The molecule has 64 heavy (non-hydrogen) atoms. The number of thioether (sulfide) groups is 1. The van der Waals surface area contributed by atoms with Crippen molar-refractivity contribution < 1.29 is 4.42 Å². The molecule has 0 bridgehead atoms. The summed E-state index contributed by atoms with van der Waals surface area (Å²) in [7, 11) is 0.788. The molecule has 5 heteroatoms. The molecule has 0 radical (unpaired) electrons. The van der Waals surface area contributed by atoms with Gasteiger partial charge in [0.1, 0.15) is 11.2 Å². The number of benzene rings is 8. The highest BCUT2D eigenvalue weighted by molar-refractivity contribution is 8.08. The Balaban J connectivity index is 1.07. The van der Waals surface area contributed by atoms with E-state index in [-0.39, 0.29) is 10.8 Å². The Kier molecular flexibility index (Phi) is 7.81. The maximum absolute atomic E-state index is 6.59. The van der Waals surface area contributed by atoms with E-state index in [0.717, 1.165) is 51.7 Å². The molecule has 0 fully saturated rings. The van der Waals surface area contributed by atoms with Gasteiger partial charge in [0.25, 0.3) is 0 Å². The standard InChI is InChI=1S/C59H45BN2OS/c1-33-26-54(34-14-8-7-9-15-34)64-55-32-51-48(29-41(33)55)60-56-39(24-25-40-44-28-45-38-17-11-13-19-52(38)63-53(45)31-50(44)62(51)57(40)56)43-27-42-37-16-10-12-18-46(37)59(5,6)47(42)30-49(43)61-36-22-20-35(21-23-36)58(2,3)4/h7-32,60-61H,1H2,2-6H3. The van der Waals surface area contributed by atoms with Gasteiger partial charge in [-0.15, -0.1) is 0 Å². The molecule has 0 unspecified atom stereocenters. The van der Waals surface area contributed by atoms with Crippen molar-refractivity contribution in [2.24, 2.45) is 0 Å². The molecular weight excluding hydrogens is 796 g/mol. The monoisotopic (exact) mass is 840 g/mol. The highest BCUT2D eigenvalue weighted by Gasteiger charge is 2.37. The molecule has 2 aromatic heterocycles. The second-order valence-electron chi connectivity index (χ2n) is 19.5. The Morgan fingerprint density at radius 1 is 0.641 bits per heavy atom. The fourth-order valence-electron chi connectivity index (χ4n) is 11.0. The van der Waals surface area contributed by atoms with Crippen LogP contribution in [-0.4, -0.2) is 11.8 Å². The lowest BCUT2D eigenvalue weighted by molar-refractivity contribution is 0.590. The van der Waals surface area contributed by atoms with Gasteiger partial charge in [0.15, 0.2) is 7.28 Å². The van der Waals surface area contributed by atoms with Gasteiger partial charge in [0.2, 0.25) is 0 Å². The van der Waals surface area contributed by atoms with Crippen LogP contribution in [0.15, 0.2) is 174 Å². The first-order chi connectivity index (χ1) is 31.0. The van der Waals surface area contributed by atoms with E-state index in [4.69, 9.17) is 4.42 Å². The Bertz CT molecular complexity index is 3710. The molecule has 13 rings (SSSR count). The Hall–Kier alpha value is -6.95. The molecule has 8 aromatic carbocycles. The van der Waals surface area contributed by atoms with Gasteiger partial charge in [-0.05, 0) is 109 Å². The number of rotatable bonds is 4. The minimum atomic E-state index is -0.143. The molecular formula is C59H45BN2OS. The van der Waals surface area contributed by atoms with E-state index in [0.29, 0.717) is 0 Å². The van der Waals surface area contributed by atoms with Crippen LogP contribution in [0.3, 0.4) is 0 Å². The molecule has 3 aliphatic rings. The quantitative estimate of drug-likeness (QED) is 0.179. The van der Waals surface area contributed by atoms with Gasteiger partial charge in [-0.2, -0.15) is 0 Å². The number of furan rings is 1. The Morgan fingerprint density at radius 2 is 1.42 bits per heavy atom. The molecule has 0 amide bonds. The van der Waals surface area contributed by atoms with Crippen molar-refractivity contribution in [3.63, 3.8) is 0 Å². The largest absolute Gasteiger partial charge is 0.456 e. The van der Waals surface area contributed by atoms with Gasteiger partial charge in [-0.25, -0.2) is 0 Å². The van der Waals surface area contributed by atoms with E-state index in [1.165, 1.54) is 92.8 Å². The summed E-state index contributed by atoms with van der Waals surface area (Å²) >= 11 is 1.84. The van der Waals surface area contributed by atoms with Crippen LogP contribution < -0.4 is 16.2 Å². The lowest BCUT2D eigenvalue weighted by Gasteiger charge is -2.28. The van der Waals surface area contributed by atoms with Gasteiger partial charge in [0, 0.05) is 71.0 Å². The summed E-state index contributed by atoms with van der Waals surface area (Å²) < 4.78 is 9.14. The first kappa shape index (κ1) is 37.6. The van der Waals surface area contributed by atoms with E-state index >= 15 is 0 Å². The molecule has 10 aromatic rings. The lowest BCUT2D eigenvalue weighted by Crippen LogP contribution is -2.37. The Morgan fingerprint density at radius 3 is 2.25 bits per heavy atom. The predicted molar refractivity (Wildman–Crippen MR) is 275 cm³/mol. The number of aromatic nitrogens is 1. The lowest BCUT2D eigenvalue weighted by atomic mass is 9.58. The van der Waals surface area contributed by atoms with Crippen LogP contribution in [0, 0.1) is 0 Å². The summed E-state index contributed by atoms with van der Waals surface area (Å²) in [5.74, 6) is 0. The third-order valence-electron chi connectivity index (χ3n) is 14.3. The third kappa shape index (κ3) is 5.43. The minimum absolute atomic E-state index is 0.0697. The average molecular weight is 841 g/mol. The summed E-state index contributed by atoms with van der Waals surface area (Å²) in [5.41, 5.74) is 22.8. The number of hydrogen-bond donors (Lipinski definition) is 1. The third-order valence-corrected chi connectivity index (χ3v) is 15.4. The molecule has 0 spiro atoms. The molecule has 0 saturated heterocycles. The molecule has 1 aliphatic carbocycles. The second-order valence-corrected chi connectivity index (χ2v) is 20.6. The average Bonchev–Trinajstić information content (AvgIpc) is 3.90. The van der Waals surface area contributed by atoms with Gasteiger partial charge >= 0.3 is 0 Å². The van der Waals surface area contributed by atoms with Crippen molar-refractivity contribution in [2.45, 2.75) is 50.3 Å². The number of anilines is 2. The highest BCUT2D eigenvalue weighted by atomic mass is 32.2. The number of para-hydroxylation sites is 1. The number of hydrogen-bond acceptors (Lipinski definition) is 3. The van der Waals surface area contributed by atoms with Gasteiger partial charge in [-0.3, -0.25) is 0 Å². The summed E-state index contributed by atoms with van der Waals surface area (Å²) in [6.45, 7) is 16.2. The maximum Gasteiger partial charge on any atom is 0.198 e. The van der Waals surface area contributed by atoms with Crippen LogP contribution in [0.2, 0.25) is 0 Å². The van der Waals surface area contributed by atoms with Crippen molar-refractivity contribution in [1.29, 1.82) is 0 Å². The van der Waals surface area contributed by atoms with Crippen LogP contribution in [0.1, 0.15) is 62.4 Å². The maximum atomic E-state index is 6.59. The van der Waals surface area contributed by atoms with E-state index in [1.807, 2.05) is 11.8 Å². The Labute approximate surface area is 378 Å². The SMILES string of the molecule is C=C1C=C(c2ccccc2)Sc2cc3c(cc21)Bc1c(-c2cc4c(cc2Nc2ccc(C(C)(C)C)cc2)C(C)(C)c2ccccc2-4)ccc2c4cc5c(cc4n-3c12)oc1ccccc15. The van der Waals surface area contributed by atoms with E-state index in [2.05, 4.69) is 209 Å². The predicted octanol–water partition coefficient (Wildman–Crippen LogP) is 14.6. The molecule has 0 saturated carbocycles. The summed E-state index contributed by atoms with van der Waals surface area (Å²) in [6.07, 6.45) is 2.26. The number of nitrogens with zero attached hydrogens (tertiary/aromatic N) is 1. The van der Waals surface area contributed by atoms with Crippen molar-refractivity contribution in [3.05, 3.63) is 192 Å². The summed E-state index contributed by atoms with van der Waals surface area (Å²) in [4.78, 5) is 2.45. The van der Waals surface area contributed by atoms with Crippen molar-refractivity contribution in [3.8, 4) is 27.9 Å². The zero-order valence-electron chi connectivity index (χ0n) is 36.7. The summed E-state index contributed by atoms with van der Waals surface area (Å²) in [6, 6.07) is 56.3. The van der Waals surface area contributed by atoms with Crippen LogP contribution in [0.5, 0.6) is 0 Å². The van der Waals surface area contributed by atoms with Gasteiger partial charge in [0.05, 0.1) is 5.52 Å². The summed E-state index contributed by atoms with van der Waals surface area (Å²) in [5, 5.41) is 8.76. The highest BCUT2D eigenvalue weighted by Crippen LogP contribution is 2.52. The topological polar surface area (TPSA) is 30.1 Å². The molecule has 1 N–H and O–H groups in total. The zero-order valence-corrected chi connectivity index (χ0v) is 37.5. The molecule has 0 atom stereocenters. The minimum Gasteiger partial charge on any atom is -0.456 e. The fourth-order valence-corrected chi connectivity index (χ4v) is 12.1. The number of allylic oxidation sites excluding steroid dienone is 2. The van der Waals surface area contributed by atoms with E-state index < -0.39 is 0 Å². The van der Waals surface area contributed by atoms with Gasteiger partial charge in [-0.1, -0.05) is 162 Å². The number of nitrogens with one attached hydrogen (secondary N) is 1. The first-order valence-electron chi connectivity index (χ1n) is 22.4. The van der Waals surface area contributed by atoms with Gasteiger partial charge < -0.3 is 14.3 Å².